The lowest BCUT2D eigenvalue weighted by Crippen LogP contribution is -2.41. The van der Waals surface area contributed by atoms with Gasteiger partial charge in [-0.05, 0) is 31.4 Å². The number of aryl methyl sites for hydroxylation is 1. The van der Waals surface area contributed by atoms with E-state index in [1.54, 1.807) is 12.1 Å². The summed E-state index contributed by atoms with van der Waals surface area (Å²) < 4.78 is 0. The Balaban J connectivity index is 1.68. The molecule has 0 aromatic heterocycles. The van der Waals surface area contributed by atoms with Crippen molar-refractivity contribution >= 4 is 11.8 Å². The molecule has 1 aromatic carbocycles. The van der Waals surface area contributed by atoms with Crippen molar-refractivity contribution in [3.63, 3.8) is 0 Å². The fourth-order valence-corrected chi connectivity index (χ4v) is 2.78. The smallest absolute Gasteiger partial charge is 0.269 e. The monoisotopic (exact) mass is 288 g/mol. The molecule has 1 aliphatic carbocycles. The van der Waals surface area contributed by atoms with E-state index in [1.165, 1.54) is 32.1 Å². The summed E-state index contributed by atoms with van der Waals surface area (Å²) >= 11 is 0. The molecule has 1 fully saturated rings. The second-order valence-corrected chi connectivity index (χ2v) is 5.91. The maximum atomic E-state index is 11.8. The molecule has 2 N–H and O–H groups in total. The van der Waals surface area contributed by atoms with E-state index < -0.39 is 0 Å². The van der Waals surface area contributed by atoms with Crippen molar-refractivity contribution in [3.8, 4) is 0 Å². The van der Waals surface area contributed by atoms with Crippen molar-refractivity contribution in [2.75, 3.05) is 0 Å². The second-order valence-electron chi connectivity index (χ2n) is 5.91. The minimum Gasteiger partial charge on any atom is -0.273 e. The van der Waals surface area contributed by atoms with Crippen molar-refractivity contribution < 1.29 is 9.59 Å². The highest BCUT2D eigenvalue weighted by atomic mass is 16.2. The Morgan fingerprint density at radius 2 is 1.71 bits per heavy atom. The lowest BCUT2D eigenvalue weighted by atomic mass is 9.86. The van der Waals surface area contributed by atoms with Crippen molar-refractivity contribution in [2.24, 2.45) is 5.92 Å². The number of nitrogens with one attached hydrogen (secondary N) is 2. The topological polar surface area (TPSA) is 58.2 Å². The van der Waals surface area contributed by atoms with Gasteiger partial charge < -0.3 is 0 Å². The molecule has 4 nitrogen and oxygen atoms in total. The van der Waals surface area contributed by atoms with Gasteiger partial charge in [0.25, 0.3) is 5.91 Å². The van der Waals surface area contributed by atoms with Crippen molar-refractivity contribution in [1.29, 1.82) is 0 Å². The van der Waals surface area contributed by atoms with Crippen LogP contribution < -0.4 is 10.9 Å². The zero-order chi connectivity index (χ0) is 15.1. The maximum absolute atomic E-state index is 11.8. The molecule has 0 atom stereocenters. The quantitative estimate of drug-likeness (QED) is 0.836. The van der Waals surface area contributed by atoms with Crippen LogP contribution in [-0.4, -0.2) is 11.8 Å². The van der Waals surface area contributed by atoms with Crippen LogP contribution in [0.4, 0.5) is 0 Å². The number of rotatable bonds is 4. The number of hydrazine groups is 1. The molecule has 1 saturated carbocycles. The summed E-state index contributed by atoms with van der Waals surface area (Å²) in [5.74, 6) is 0.291. The summed E-state index contributed by atoms with van der Waals surface area (Å²) in [5.41, 5.74) is 6.61. The number of hydrogen-bond acceptors (Lipinski definition) is 2. The zero-order valence-corrected chi connectivity index (χ0v) is 12.7. The van der Waals surface area contributed by atoms with E-state index in [-0.39, 0.29) is 11.8 Å². The first-order chi connectivity index (χ1) is 10.1. The standard InChI is InChI=1S/C17H24N2O2/c1-13-7-10-15(11-8-13)17(21)19-18-16(20)12-9-14-5-3-2-4-6-14/h7-8,10-11,14H,2-6,9,12H2,1H3,(H,18,20)(H,19,21). The molecule has 0 heterocycles. The van der Waals surface area contributed by atoms with Gasteiger partial charge in [0.15, 0.2) is 0 Å². The first-order valence-electron chi connectivity index (χ1n) is 7.81. The van der Waals surface area contributed by atoms with Gasteiger partial charge in [0.1, 0.15) is 0 Å². The first-order valence-corrected chi connectivity index (χ1v) is 7.81. The van der Waals surface area contributed by atoms with Gasteiger partial charge in [-0.2, -0.15) is 0 Å². The molecule has 0 aliphatic heterocycles. The molecule has 0 radical (unpaired) electrons. The predicted molar refractivity (Wildman–Crippen MR) is 82.6 cm³/mol. The van der Waals surface area contributed by atoms with Crippen LogP contribution >= 0.6 is 0 Å². The molecule has 1 aromatic rings. The molecule has 0 spiro atoms. The lowest BCUT2D eigenvalue weighted by molar-refractivity contribution is -0.122. The third kappa shape index (κ3) is 5.21. The molecule has 0 unspecified atom stereocenters. The average Bonchev–Trinajstić information content (AvgIpc) is 2.52. The SMILES string of the molecule is Cc1ccc(C(=O)NNC(=O)CCC2CCCCC2)cc1. The van der Waals surface area contributed by atoms with Crippen LogP contribution in [0.15, 0.2) is 24.3 Å². The Morgan fingerprint density at radius 1 is 1.05 bits per heavy atom. The summed E-state index contributed by atoms with van der Waals surface area (Å²) in [6, 6.07) is 7.25. The maximum Gasteiger partial charge on any atom is 0.269 e. The molecule has 0 bridgehead atoms. The van der Waals surface area contributed by atoms with Gasteiger partial charge in [0, 0.05) is 12.0 Å². The Hall–Kier alpha value is -1.84. The molecule has 4 heteroatoms. The van der Waals surface area contributed by atoms with Gasteiger partial charge in [-0.1, -0.05) is 49.8 Å². The zero-order valence-electron chi connectivity index (χ0n) is 12.7. The fourth-order valence-electron chi connectivity index (χ4n) is 2.78. The molecular formula is C17H24N2O2. The Morgan fingerprint density at radius 3 is 2.38 bits per heavy atom. The third-order valence-electron chi connectivity index (χ3n) is 4.13. The molecule has 114 valence electrons. The van der Waals surface area contributed by atoms with Crippen LogP contribution in [-0.2, 0) is 4.79 Å². The van der Waals surface area contributed by atoms with E-state index in [0.717, 1.165) is 12.0 Å². The number of carbonyl (C=O) groups excluding carboxylic acids is 2. The first kappa shape index (κ1) is 15.5. The largest absolute Gasteiger partial charge is 0.273 e. The Kier molecular flexibility index (Phi) is 5.78. The number of hydrogen-bond donors (Lipinski definition) is 2. The van der Waals surface area contributed by atoms with Gasteiger partial charge in [0.05, 0.1) is 0 Å². The van der Waals surface area contributed by atoms with Crippen LogP contribution in [0, 0.1) is 12.8 Å². The summed E-state index contributed by atoms with van der Waals surface area (Å²) in [7, 11) is 0. The summed E-state index contributed by atoms with van der Waals surface area (Å²) in [6.07, 6.45) is 7.79. The van der Waals surface area contributed by atoms with Crippen LogP contribution in [0.5, 0.6) is 0 Å². The van der Waals surface area contributed by atoms with E-state index in [4.69, 9.17) is 0 Å². The van der Waals surface area contributed by atoms with Gasteiger partial charge in [-0.25, -0.2) is 0 Å². The second kappa shape index (κ2) is 7.81. The van der Waals surface area contributed by atoms with Crippen LogP contribution in [0.3, 0.4) is 0 Å². The van der Waals surface area contributed by atoms with Crippen molar-refractivity contribution in [2.45, 2.75) is 51.9 Å². The van der Waals surface area contributed by atoms with Gasteiger partial charge in [-0.3, -0.25) is 20.4 Å². The molecule has 1 aliphatic rings. The fraction of sp³-hybridized carbons (Fsp3) is 0.529. The molecule has 2 rings (SSSR count). The van der Waals surface area contributed by atoms with Crippen LogP contribution in [0.2, 0.25) is 0 Å². The number of carbonyl (C=O) groups is 2. The van der Waals surface area contributed by atoms with Crippen molar-refractivity contribution in [3.05, 3.63) is 35.4 Å². The number of amides is 2. The third-order valence-corrected chi connectivity index (χ3v) is 4.13. The highest BCUT2D eigenvalue weighted by Crippen LogP contribution is 2.27. The number of benzene rings is 1. The van der Waals surface area contributed by atoms with Crippen molar-refractivity contribution in [1.82, 2.24) is 10.9 Å². The van der Waals surface area contributed by atoms with E-state index in [0.29, 0.717) is 17.9 Å². The molecular weight excluding hydrogens is 264 g/mol. The minimum absolute atomic E-state index is 0.110. The molecule has 0 saturated heterocycles. The van der Waals surface area contributed by atoms with E-state index in [9.17, 15) is 9.59 Å². The van der Waals surface area contributed by atoms with Crippen LogP contribution in [0.25, 0.3) is 0 Å². The summed E-state index contributed by atoms with van der Waals surface area (Å²) in [6.45, 7) is 1.97. The highest BCUT2D eigenvalue weighted by molar-refractivity contribution is 5.95. The van der Waals surface area contributed by atoms with Crippen LogP contribution in [0.1, 0.15) is 60.9 Å². The lowest BCUT2D eigenvalue weighted by Gasteiger charge is -2.21. The van der Waals surface area contributed by atoms with E-state index >= 15 is 0 Å². The van der Waals surface area contributed by atoms with Gasteiger partial charge in [-0.15, -0.1) is 0 Å². The summed E-state index contributed by atoms with van der Waals surface area (Å²) in [4.78, 5) is 23.6. The molecule has 21 heavy (non-hydrogen) atoms. The average molecular weight is 288 g/mol. The van der Waals surface area contributed by atoms with Gasteiger partial charge in [0.2, 0.25) is 5.91 Å². The van der Waals surface area contributed by atoms with E-state index in [2.05, 4.69) is 10.9 Å². The minimum atomic E-state index is -0.277. The molecule has 2 amide bonds. The highest BCUT2D eigenvalue weighted by Gasteiger charge is 2.15. The van der Waals surface area contributed by atoms with Gasteiger partial charge >= 0.3 is 0 Å². The summed E-state index contributed by atoms with van der Waals surface area (Å²) in [5, 5.41) is 0. The Bertz CT molecular complexity index is 476. The van der Waals surface area contributed by atoms with E-state index in [1.807, 2.05) is 19.1 Å². The predicted octanol–water partition coefficient (Wildman–Crippen LogP) is 3.12. The normalized spacial score (nSPS) is 15.5. The Labute approximate surface area is 126 Å².